The van der Waals surface area contributed by atoms with Crippen molar-refractivity contribution < 1.29 is 4.79 Å². The van der Waals surface area contributed by atoms with E-state index in [0.717, 1.165) is 30.5 Å². The lowest BCUT2D eigenvalue weighted by Crippen LogP contribution is -2.23. The Balaban J connectivity index is 1.70. The maximum Gasteiger partial charge on any atom is 0.267 e. The number of carbonyl (C=O) groups is 1. The zero-order chi connectivity index (χ0) is 25.1. The molecule has 1 N–H and O–H groups in total. The summed E-state index contributed by atoms with van der Waals surface area (Å²) in [4.78, 5) is 33.2. The lowest BCUT2D eigenvalue weighted by Gasteiger charge is -2.13. The average Bonchev–Trinajstić information content (AvgIpc) is 3.16. The number of amides is 1. The number of fused-ring (bicyclic) bond motifs is 1. The van der Waals surface area contributed by atoms with E-state index in [1.165, 1.54) is 22.2 Å². The monoisotopic (exact) mass is 545 g/mol. The van der Waals surface area contributed by atoms with Gasteiger partial charge >= 0.3 is 0 Å². The molecule has 182 valence electrons. The number of aryl methyl sites for hydroxylation is 3. The van der Waals surface area contributed by atoms with E-state index in [1.807, 2.05) is 31.2 Å². The smallest absolute Gasteiger partial charge is 0.267 e. The van der Waals surface area contributed by atoms with Crippen LogP contribution >= 0.6 is 46.3 Å². The van der Waals surface area contributed by atoms with Crippen LogP contribution < -0.4 is 10.9 Å². The first kappa shape index (κ1) is 25.8. The average molecular weight is 547 g/mol. The Morgan fingerprint density at radius 2 is 1.86 bits per heavy atom. The van der Waals surface area contributed by atoms with Crippen molar-refractivity contribution in [3.05, 3.63) is 78.9 Å². The number of hydrogen-bond acceptors (Lipinski definition) is 5. The zero-order valence-electron chi connectivity index (χ0n) is 19.7. The van der Waals surface area contributed by atoms with Crippen molar-refractivity contribution in [2.24, 2.45) is 0 Å². The molecule has 2 aromatic carbocycles. The molecule has 2 aromatic heterocycles. The summed E-state index contributed by atoms with van der Waals surface area (Å²) < 4.78 is 1.62. The van der Waals surface area contributed by atoms with Crippen molar-refractivity contribution in [3.63, 3.8) is 0 Å². The van der Waals surface area contributed by atoms with E-state index in [-0.39, 0.29) is 17.2 Å². The summed E-state index contributed by atoms with van der Waals surface area (Å²) in [7, 11) is 0. The first-order valence-corrected chi connectivity index (χ1v) is 13.9. The van der Waals surface area contributed by atoms with Gasteiger partial charge in [-0.2, -0.15) is 0 Å². The molecule has 1 amide bonds. The number of benzene rings is 2. The molecule has 0 saturated carbocycles. The minimum absolute atomic E-state index is 0.0808. The lowest BCUT2D eigenvalue weighted by molar-refractivity contribution is -0.113. The molecule has 0 fully saturated rings. The van der Waals surface area contributed by atoms with Crippen LogP contribution in [0, 0.1) is 6.92 Å². The molecule has 9 heteroatoms. The highest BCUT2D eigenvalue weighted by Crippen LogP contribution is 2.31. The molecular weight excluding hydrogens is 521 g/mol. The second kappa shape index (κ2) is 11.2. The van der Waals surface area contributed by atoms with Crippen LogP contribution in [-0.2, 0) is 17.6 Å². The Hall–Kier alpha value is -2.32. The summed E-state index contributed by atoms with van der Waals surface area (Å²) in [5.74, 6) is -0.151. The molecule has 0 aliphatic carbocycles. The number of halogens is 2. The topological polar surface area (TPSA) is 64.0 Å². The Morgan fingerprint density at radius 1 is 1.11 bits per heavy atom. The maximum absolute atomic E-state index is 13.7. The molecule has 0 spiro atoms. The summed E-state index contributed by atoms with van der Waals surface area (Å²) >= 11 is 14.8. The molecule has 35 heavy (non-hydrogen) atoms. The third-order valence-electron chi connectivity index (χ3n) is 5.65. The predicted molar refractivity (Wildman–Crippen MR) is 149 cm³/mol. The number of nitrogens with one attached hydrogen (secondary N) is 1. The van der Waals surface area contributed by atoms with Gasteiger partial charge in [0.2, 0.25) is 5.91 Å². The van der Waals surface area contributed by atoms with E-state index in [2.05, 4.69) is 19.2 Å². The molecule has 4 rings (SSSR count). The summed E-state index contributed by atoms with van der Waals surface area (Å²) in [5, 5.41) is 4.75. The molecule has 0 atom stereocenters. The molecule has 5 nitrogen and oxygen atoms in total. The number of rotatable bonds is 8. The van der Waals surface area contributed by atoms with Crippen molar-refractivity contribution >= 4 is 68.1 Å². The summed E-state index contributed by atoms with van der Waals surface area (Å²) in [5.41, 5.74) is 3.36. The Kier molecular flexibility index (Phi) is 8.22. The number of thiophene rings is 1. The zero-order valence-corrected chi connectivity index (χ0v) is 22.8. The maximum atomic E-state index is 13.7. The number of carbonyl (C=O) groups excluding carboxylic acids is 1. The van der Waals surface area contributed by atoms with Crippen molar-refractivity contribution in [2.45, 2.75) is 45.2 Å². The second-order valence-electron chi connectivity index (χ2n) is 8.10. The Labute approximate surface area is 222 Å². The molecule has 0 bridgehead atoms. The molecule has 0 saturated heterocycles. The van der Waals surface area contributed by atoms with Crippen molar-refractivity contribution in [3.8, 4) is 5.69 Å². The highest BCUT2D eigenvalue weighted by Gasteiger charge is 2.20. The normalized spacial score (nSPS) is 11.2. The highest BCUT2D eigenvalue weighted by atomic mass is 35.5. The van der Waals surface area contributed by atoms with Crippen LogP contribution in [0.1, 0.15) is 36.3 Å². The second-order valence-corrected chi connectivity index (χ2v) is 10.9. The minimum atomic E-state index is -0.232. The molecule has 0 unspecified atom stereocenters. The van der Waals surface area contributed by atoms with Gasteiger partial charge in [-0.15, -0.1) is 11.3 Å². The van der Waals surface area contributed by atoms with Crippen LogP contribution in [0.3, 0.4) is 0 Å². The molecule has 4 aromatic rings. The van der Waals surface area contributed by atoms with Gasteiger partial charge in [0.25, 0.3) is 5.56 Å². The molecular formula is C26H25Cl2N3O2S2. The number of aromatic nitrogens is 2. The van der Waals surface area contributed by atoms with E-state index >= 15 is 0 Å². The number of hydrogen-bond donors (Lipinski definition) is 1. The number of anilines is 1. The van der Waals surface area contributed by atoms with Crippen LogP contribution in [-0.4, -0.2) is 21.2 Å². The van der Waals surface area contributed by atoms with Crippen molar-refractivity contribution in [1.82, 2.24) is 9.55 Å². The van der Waals surface area contributed by atoms with Gasteiger partial charge < -0.3 is 5.32 Å². The van der Waals surface area contributed by atoms with Crippen molar-refractivity contribution in [2.75, 3.05) is 11.1 Å². The first-order chi connectivity index (χ1) is 16.8. The summed E-state index contributed by atoms with van der Waals surface area (Å²) in [6.07, 6.45) is 2.82. The number of nitrogens with zero attached hydrogens (tertiary/aromatic N) is 2. The summed E-state index contributed by atoms with van der Waals surface area (Å²) in [6.45, 7) is 6.21. The molecule has 0 radical (unpaired) electrons. The molecule has 0 aliphatic heterocycles. The van der Waals surface area contributed by atoms with Crippen molar-refractivity contribution in [1.29, 1.82) is 0 Å². The molecule has 0 aliphatic rings. The van der Waals surface area contributed by atoms with Gasteiger partial charge in [-0.1, -0.05) is 67.4 Å². The van der Waals surface area contributed by atoms with Crippen LogP contribution in [0.4, 0.5) is 5.69 Å². The van der Waals surface area contributed by atoms with Gasteiger partial charge in [-0.05, 0) is 61.2 Å². The van der Waals surface area contributed by atoms with Gasteiger partial charge in [0.05, 0.1) is 26.9 Å². The minimum Gasteiger partial charge on any atom is -0.325 e. The quantitative estimate of drug-likeness (QED) is 0.186. The first-order valence-electron chi connectivity index (χ1n) is 11.3. The highest BCUT2D eigenvalue weighted by molar-refractivity contribution is 7.99. The number of thioether (sulfide) groups is 1. The van der Waals surface area contributed by atoms with Gasteiger partial charge in [-0.3, -0.25) is 14.2 Å². The molecule has 2 heterocycles. The van der Waals surface area contributed by atoms with Gasteiger partial charge in [0.15, 0.2) is 5.16 Å². The summed E-state index contributed by atoms with van der Waals surface area (Å²) in [6, 6.07) is 12.8. The van der Waals surface area contributed by atoms with E-state index in [4.69, 9.17) is 28.2 Å². The fourth-order valence-electron chi connectivity index (χ4n) is 3.78. The van der Waals surface area contributed by atoms with E-state index in [9.17, 15) is 9.59 Å². The third kappa shape index (κ3) is 5.59. The lowest BCUT2D eigenvalue weighted by atomic mass is 10.1. The van der Waals surface area contributed by atoms with E-state index in [0.29, 0.717) is 31.1 Å². The van der Waals surface area contributed by atoms with Crippen LogP contribution in [0.5, 0.6) is 0 Å². The predicted octanol–water partition coefficient (Wildman–Crippen LogP) is 7.31. The van der Waals surface area contributed by atoms with Gasteiger partial charge in [-0.25, -0.2) is 4.98 Å². The fraction of sp³-hybridized carbons (Fsp3) is 0.269. The SMILES string of the molecule is CCCc1sc2nc(SCC(=O)Nc3ccc(Cl)c(Cl)c3)n(-c3ccc(CC)cc3)c(=O)c2c1C. The van der Waals surface area contributed by atoms with E-state index < -0.39 is 0 Å². The largest absolute Gasteiger partial charge is 0.325 e. The van der Waals surface area contributed by atoms with Crippen LogP contribution in [0.15, 0.2) is 52.4 Å². The van der Waals surface area contributed by atoms with Crippen LogP contribution in [0.25, 0.3) is 15.9 Å². The third-order valence-corrected chi connectivity index (χ3v) is 8.57. The Morgan fingerprint density at radius 3 is 2.51 bits per heavy atom. The van der Waals surface area contributed by atoms with Gasteiger partial charge in [0.1, 0.15) is 4.83 Å². The van der Waals surface area contributed by atoms with Gasteiger partial charge in [0, 0.05) is 10.6 Å². The fourth-order valence-corrected chi connectivity index (χ4v) is 6.21. The standard InChI is InChI=1S/C26H25Cl2N3O2S2/c1-4-6-21-15(3)23-24(35-21)30-26(31(25(23)33)18-10-7-16(5-2)8-11-18)34-14-22(32)29-17-9-12-19(27)20(28)13-17/h7-13H,4-6,14H2,1-3H3,(H,29,32). The van der Waals surface area contributed by atoms with Crippen LogP contribution in [0.2, 0.25) is 10.0 Å². The Bertz CT molecular complexity index is 1450. The van der Waals surface area contributed by atoms with E-state index in [1.54, 1.807) is 34.1 Å².